The Kier molecular flexibility index (Phi) is 5.29. The van der Waals surface area contributed by atoms with Gasteiger partial charge < -0.3 is 9.80 Å². The first kappa shape index (κ1) is 18.0. The van der Waals surface area contributed by atoms with E-state index < -0.39 is 9.84 Å². The van der Waals surface area contributed by atoms with E-state index in [2.05, 4.69) is 0 Å². The van der Waals surface area contributed by atoms with Crippen LogP contribution in [0.4, 0.5) is 5.69 Å². The molecular formula is C18H22N2O3S. The number of carbonyl (C=O) groups excluding carboxylic acids is 1. The quantitative estimate of drug-likeness (QED) is 0.834. The molecule has 2 aromatic rings. The molecule has 0 atom stereocenters. The van der Waals surface area contributed by atoms with E-state index in [1.165, 1.54) is 12.1 Å². The first-order chi connectivity index (χ1) is 11.2. The normalized spacial score (nSPS) is 11.2. The summed E-state index contributed by atoms with van der Waals surface area (Å²) in [5.41, 5.74) is 2.60. The van der Waals surface area contributed by atoms with Gasteiger partial charge in [-0.1, -0.05) is 12.1 Å². The van der Waals surface area contributed by atoms with E-state index >= 15 is 0 Å². The van der Waals surface area contributed by atoms with Gasteiger partial charge in [-0.15, -0.1) is 0 Å². The molecule has 0 radical (unpaired) electrons. The van der Waals surface area contributed by atoms with E-state index in [1.54, 1.807) is 24.1 Å². The standard InChI is InChI=1S/C18H22N2O3S/c1-19(2)16-9-5-14(6-10-16)13-20(3)18(21)15-7-11-17(12-8-15)24(4,22)23/h5-12H,13H2,1-4H3. The highest BCUT2D eigenvalue weighted by molar-refractivity contribution is 7.90. The molecule has 1 amide bonds. The molecule has 6 heteroatoms. The summed E-state index contributed by atoms with van der Waals surface area (Å²) >= 11 is 0. The number of hydrogen-bond acceptors (Lipinski definition) is 4. The molecule has 0 saturated heterocycles. The SMILES string of the molecule is CN(Cc1ccc(N(C)C)cc1)C(=O)c1ccc(S(C)(=O)=O)cc1. The van der Waals surface area contributed by atoms with Crippen molar-refractivity contribution in [3.05, 3.63) is 59.7 Å². The van der Waals surface area contributed by atoms with Gasteiger partial charge in [0.1, 0.15) is 0 Å². The lowest BCUT2D eigenvalue weighted by atomic mass is 10.1. The lowest BCUT2D eigenvalue weighted by Gasteiger charge is -2.18. The van der Waals surface area contributed by atoms with Gasteiger partial charge in [-0.25, -0.2) is 8.42 Å². The summed E-state index contributed by atoms with van der Waals surface area (Å²) in [7, 11) is 2.43. The van der Waals surface area contributed by atoms with Crippen LogP contribution in [0.15, 0.2) is 53.4 Å². The molecule has 0 spiro atoms. The largest absolute Gasteiger partial charge is 0.378 e. The molecule has 0 heterocycles. The summed E-state index contributed by atoms with van der Waals surface area (Å²) in [5.74, 6) is -0.147. The fourth-order valence-electron chi connectivity index (χ4n) is 2.31. The number of carbonyl (C=O) groups is 1. The lowest BCUT2D eigenvalue weighted by Crippen LogP contribution is -2.26. The van der Waals surface area contributed by atoms with Crippen molar-refractivity contribution in [2.75, 3.05) is 32.3 Å². The monoisotopic (exact) mass is 346 g/mol. The highest BCUT2D eigenvalue weighted by Crippen LogP contribution is 2.15. The minimum Gasteiger partial charge on any atom is -0.378 e. The van der Waals surface area contributed by atoms with Gasteiger partial charge in [-0.3, -0.25) is 4.79 Å². The molecule has 24 heavy (non-hydrogen) atoms. The fraction of sp³-hybridized carbons (Fsp3) is 0.278. The van der Waals surface area contributed by atoms with Crippen LogP contribution in [0.25, 0.3) is 0 Å². The number of rotatable bonds is 5. The van der Waals surface area contributed by atoms with Gasteiger partial charge in [0.05, 0.1) is 4.90 Å². The molecule has 0 unspecified atom stereocenters. The maximum absolute atomic E-state index is 12.5. The summed E-state index contributed by atoms with van der Waals surface area (Å²) < 4.78 is 22.9. The zero-order valence-corrected chi connectivity index (χ0v) is 15.2. The van der Waals surface area contributed by atoms with Crippen molar-refractivity contribution in [3.63, 3.8) is 0 Å². The van der Waals surface area contributed by atoms with Crippen molar-refractivity contribution in [2.24, 2.45) is 0 Å². The number of anilines is 1. The average molecular weight is 346 g/mol. The Bertz CT molecular complexity index is 810. The van der Waals surface area contributed by atoms with Gasteiger partial charge >= 0.3 is 0 Å². The smallest absolute Gasteiger partial charge is 0.253 e. The van der Waals surface area contributed by atoms with Gasteiger partial charge in [0, 0.05) is 45.2 Å². The molecule has 2 rings (SSSR count). The van der Waals surface area contributed by atoms with Gasteiger partial charge in [0.15, 0.2) is 9.84 Å². The van der Waals surface area contributed by atoms with E-state index in [1.807, 2.05) is 43.3 Å². The van der Waals surface area contributed by atoms with Crippen LogP contribution < -0.4 is 4.90 Å². The molecular weight excluding hydrogens is 324 g/mol. The van der Waals surface area contributed by atoms with Crippen molar-refractivity contribution >= 4 is 21.4 Å². The minimum atomic E-state index is -3.25. The van der Waals surface area contributed by atoms with Gasteiger partial charge in [-0.05, 0) is 42.0 Å². The molecule has 5 nitrogen and oxygen atoms in total. The number of amides is 1. The van der Waals surface area contributed by atoms with Gasteiger partial charge in [-0.2, -0.15) is 0 Å². The van der Waals surface area contributed by atoms with Crippen LogP contribution in [0.5, 0.6) is 0 Å². The van der Waals surface area contributed by atoms with Crippen LogP contribution >= 0.6 is 0 Å². The third kappa shape index (κ3) is 4.35. The number of nitrogens with zero attached hydrogens (tertiary/aromatic N) is 2. The Balaban J connectivity index is 2.09. The zero-order chi connectivity index (χ0) is 17.9. The van der Waals surface area contributed by atoms with Crippen LogP contribution in [0.1, 0.15) is 15.9 Å². The maximum Gasteiger partial charge on any atom is 0.253 e. The third-order valence-electron chi connectivity index (χ3n) is 3.75. The molecule has 0 aliphatic carbocycles. The molecule has 0 saturated carbocycles. The Morgan fingerprint density at radius 1 is 0.917 bits per heavy atom. The zero-order valence-electron chi connectivity index (χ0n) is 14.4. The summed E-state index contributed by atoms with van der Waals surface area (Å²) in [6.45, 7) is 0.486. The first-order valence-electron chi connectivity index (χ1n) is 7.50. The molecule has 0 aromatic heterocycles. The Hall–Kier alpha value is -2.34. The van der Waals surface area contributed by atoms with Gasteiger partial charge in [0.25, 0.3) is 5.91 Å². The van der Waals surface area contributed by atoms with E-state index in [9.17, 15) is 13.2 Å². The molecule has 2 aromatic carbocycles. The fourth-order valence-corrected chi connectivity index (χ4v) is 2.94. The Morgan fingerprint density at radius 2 is 1.46 bits per heavy atom. The lowest BCUT2D eigenvalue weighted by molar-refractivity contribution is 0.0785. The predicted molar refractivity (Wildman–Crippen MR) is 96.1 cm³/mol. The van der Waals surface area contributed by atoms with Crippen LogP contribution in [0, 0.1) is 0 Å². The second-order valence-electron chi connectivity index (χ2n) is 6.02. The number of benzene rings is 2. The van der Waals surface area contributed by atoms with E-state index in [0.717, 1.165) is 17.5 Å². The average Bonchev–Trinajstić information content (AvgIpc) is 2.54. The molecule has 0 aliphatic heterocycles. The molecule has 0 N–H and O–H groups in total. The molecule has 128 valence electrons. The summed E-state index contributed by atoms with van der Waals surface area (Å²) in [6, 6.07) is 14.0. The second-order valence-corrected chi connectivity index (χ2v) is 8.03. The van der Waals surface area contributed by atoms with E-state index in [0.29, 0.717) is 12.1 Å². The molecule has 0 aliphatic rings. The van der Waals surface area contributed by atoms with Crippen molar-refractivity contribution in [1.29, 1.82) is 0 Å². The number of hydrogen-bond donors (Lipinski definition) is 0. The topological polar surface area (TPSA) is 57.7 Å². The van der Waals surface area contributed by atoms with Crippen LogP contribution in [-0.4, -0.2) is 46.6 Å². The predicted octanol–water partition coefficient (Wildman–Crippen LogP) is 2.43. The summed E-state index contributed by atoms with van der Waals surface area (Å²) in [4.78, 5) is 16.3. The van der Waals surface area contributed by atoms with Crippen molar-refractivity contribution in [1.82, 2.24) is 4.90 Å². The second kappa shape index (κ2) is 7.05. The summed E-state index contributed by atoms with van der Waals surface area (Å²) in [5, 5.41) is 0. The van der Waals surface area contributed by atoms with Crippen molar-refractivity contribution in [3.8, 4) is 0 Å². The Morgan fingerprint density at radius 3 is 1.92 bits per heavy atom. The molecule has 0 fully saturated rings. The van der Waals surface area contributed by atoms with E-state index in [4.69, 9.17) is 0 Å². The highest BCUT2D eigenvalue weighted by Gasteiger charge is 2.14. The summed E-state index contributed by atoms with van der Waals surface area (Å²) in [6.07, 6.45) is 1.15. The van der Waals surface area contributed by atoms with Crippen molar-refractivity contribution in [2.45, 2.75) is 11.4 Å². The van der Waals surface area contributed by atoms with Crippen molar-refractivity contribution < 1.29 is 13.2 Å². The minimum absolute atomic E-state index is 0.147. The Labute approximate surface area is 143 Å². The first-order valence-corrected chi connectivity index (χ1v) is 9.39. The highest BCUT2D eigenvalue weighted by atomic mass is 32.2. The third-order valence-corrected chi connectivity index (χ3v) is 4.88. The van der Waals surface area contributed by atoms with Crippen LogP contribution in [0.3, 0.4) is 0 Å². The van der Waals surface area contributed by atoms with Gasteiger partial charge in [0.2, 0.25) is 0 Å². The van der Waals surface area contributed by atoms with E-state index in [-0.39, 0.29) is 10.8 Å². The molecule has 0 bridgehead atoms. The van der Waals surface area contributed by atoms with Crippen LogP contribution in [-0.2, 0) is 16.4 Å². The maximum atomic E-state index is 12.5. The van der Waals surface area contributed by atoms with Crippen LogP contribution in [0.2, 0.25) is 0 Å². The number of sulfone groups is 1.